The third-order valence-electron chi connectivity index (χ3n) is 5.76. The second-order valence-corrected chi connectivity index (χ2v) is 7.29. The van der Waals surface area contributed by atoms with Crippen molar-refractivity contribution >= 4 is 11.6 Å². The number of amides is 1. The Balaban J connectivity index is 1.36. The number of nitrogens with one attached hydrogen (secondary N) is 1. The predicted molar refractivity (Wildman–Crippen MR) is 97.4 cm³/mol. The topological polar surface area (TPSA) is 72.7 Å². The largest absolute Gasteiger partial charge is 0.324 e. The molecule has 1 fully saturated rings. The van der Waals surface area contributed by atoms with E-state index in [0.717, 1.165) is 30.7 Å². The van der Waals surface area contributed by atoms with Crippen LogP contribution in [0.4, 0.5) is 5.69 Å². The molecular weight excluding hydrogens is 326 g/mol. The molecule has 0 saturated heterocycles. The van der Waals surface area contributed by atoms with Crippen molar-refractivity contribution in [1.29, 1.82) is 0 Å². The van der Waals surface area contributed by atoms with Crippen molar-refractivity contribution in [2.24, 2.45) is 13.0 Å². The van der Waals surface area contributed by atoms with Gasteiger partial charge in [0.15, 0.2) is 5.82 Å². The average molecular weight is 345 g/mol. The lowest BCUT2D eigenvalue weighted by molar-refractivity contribution is -0.117. The standard InChI is InChI=1S/C20H19N5O/c1-25-12-22-24-18(25)14-8-15(11-21-10-14)23-19(26)17-9-20(17)7-6-13-4-2-3-5-16(13)20/h2-5,8,10-12,17H,6-7,9H2,1H3,(H,23,26)/t17-,20-/m0/s1. The molecule has 2 aliphatic rings. The lowest BCUT2D eigenvalue weighted by Gasteiger charge is -2.12. The van der Waals surface area contributed by atoms with Gasteiger partial charge in [0.05, 0.1) is 11.9 Å². The molecule has 130 valence electrons. The van der Waals surface area contributed by atoms with Crippen molar-refractivity contribution in [2.75, 3.05) is 5.32 Å². The van der Waals surface area contributed by atoms with Gasteiger partial charge in [0.2, 0.25) is 5.91 Å². The van der Waals surface area contributed by atoms with Gasteiger partial charge in [-0.3, -0.25) is 9.78 Å². The lowest BCUT2D eigenvalue weighted by Crippen LogP contribution is -2.19. The molecule has 2 aromatic heterocycles. The van der Waals surface area contributed by atoms with Crippen LogP contribution in [0.5, 0.6) is 0 Å². The van der Waals surface area contributed by atoms with Gasteiger partial charge in [-0.05, 0) is 36.5 Å². The number of anilines is 1. The normalized spacial score (nSPS) is 23.0. The van der Waals surface area contributed by atoms with Crippen LogP contribution in [0.1, 0.15) is 24.0 Å². The van der Waals surface area contributed by atoms with E-state index in [2.05, 4.69) is 44.8 Å². The molecule has 3 aromatic rings. The fraction of sp³-hybridized carbons (Fsp3) is 0.300. The molecular formula is C20H19N5O. The molecule has 1 aromatic carbocycles. The Morgan fingerprint density at radius 1 is 1.31 bits per heavy atom. The monoisotopic (exact) mass is 345 g/mol. The van der Waals surface area contributed by atoms with Crippen molar-refractivity contribution in [1.82, 2.24) is 19.7 Å². The van der Waals surface area contributed by atoms with Crippen LogP contribution in [-0.2, 0) is 23.7 Å². The molecule has 1 N–H and O–H groups in total. The average Bonchev–Trinajstić information content (AvgIpc) is 3.05. The number of fused-ring (bicyclic) bond motifs is 2. The minimum absolute atomic E-state index is 0.0460. The maximum absolute atomic E-state index is 12.8. The second-order valence-electron chi connectivity index (χ2n) is 7.29. The first-order chi connectivity index (χ1) is 12.7. The summed E-state index contributed by atoms with van der Waals surface area (Å²) in [5.41, 5.74) is 4.35. The van der Waals surface area contributed by atoms with Crippen molar-refractivity contribution < 1.29 is 4.79 Å². The van der Waals surface area contributed by atoms with Crippen LogP contribution >= 0.6 is 0 Å². The number of benzene rings is 1. The third-order valence-corrected chi connectivity index (χ3v) is 5.76. The summed E-state index contributed by atoms with van der Waals surface area (Å²) >= 11 is 0. The minimum Gasteiger partial charge on any atom is -0.324 e. The maximum atomic E-state index is 12.8. The lowest BCUT2D eigenvalue weighted by atomic mass is 9.95. The van der Waals surface area contributed by atoms with Gasteiger partial charge in [-0.2, -0.15) is 0 Å². The number of rotatable bonds is 3. The Kier molecular flexibility index (Phi) is 3.22. The summed E-state index contributed by atoms with van der Waals surface area (Å²) in [5.74, 6) is 0.851. The molecule has 0 unspecified atom stereocenters. The van der Waals surface area contributed by atoms with E-state index in [1.165, 1.54) is 11.1 Å². The number of pyridine rings is 1. The molecule has 2 aliphatic carbocycles. The highest BCUT2D eigenvalue weighted by molar-refractivity contribution is 5.96. The van der Waals surface area contributed by atoms with E-state index in [4.69, 9.17) is 0 Å². The fourth-order valence-corrected chi connectivity index (χ4v) is 4.34. The zero-order chi connectivity index (χ0) is 17.7. The van der Waals surface area contributed by atoms with Gasteiger partial charge in [0.25, 0.3) is 0 Å². The van der Waals surface area contributed by atoms with Gasteiger partial charge >= 0.3 is 0 Å². The van der Waals surface area contributed by atoms with Crippen LogP contribution in [0, 0.1) is 5.92 Å². The van der Waals surface area contributed by atoms with Crippen molar-refractivity contribution in [3.05, 3.63) is 60.2 Å². The zero-order valence-electron chi connectivity index (χ0n) is 14.5. The van der Waals surface area contributed by atoms with Gasteiger partial charge in [-0.1, -0.05) is 24.3 Å². The molecule has 1 spiro atoms. The van der Waals surface area contributed by atoms with E-state index in [9.17, 15) is 4.79 Å². The first kappa shape index (κ1) is 15.3. The van der Waals surface area contributed by atoms with Crippen LogP contribution in [0.25, 0.3) is 11.4 Å². The van der Waals surface area contributed by atoms with Gasteiger partial charge in [-0.15, -0.1) is 10.2 Å². The molecule has 6 heteroatoms. The van der Waals surface area contributed by atoms with E-state index >= 15 is 0 Å². The molecule has 0 bridgehead atoms. The molecule has 1 saturated carbocycles. The van der Waals surface area contributed by atoms with Gasteiger partial charge in [0, 0.05) is 30.1 Å². The number of hydrogen-bond donors (Lipinski definition) is 1. The van der Waals surface area contributed by atoms with Crippen LogP contribution in [0.3, 0.4) is 0 Å². The van der Waals surface area contributed by atoms with E-state index in [-0.39, 0.29) is 17.2 Å². The smallest absolute Gasteiger partial charge is 0.228 e. The minimum atomic E-state index is 0.0460. The summed E-state index contributed by atoms with van der Waals surface area (Å²) in [5, 5.41) is 11.0. The van der Waals surface area contributed by atoms with Crippen LogP contribution in [0.2, 0.25) is 0 Å². The SMILES string of the molecule is Cn1cnnc1-c1cncc(NC(=O)[C@@H]2C[C@]23CCc2ccccc23)c1. The van der Waals surface area contributed by atoms with E-state index < -0.39 is 0 Å². The second kappa shape index (κ2) is 5.49. The summed E-state index contributed by atoms with van der Waals surface area (Å²) in [6.07, 6.45) is 8.13. The van der Waals surface area contributed by atoms with Crippen LogP contribution in [-0.4, -0.2) is 25.7 Å². The highest BCUT2D eigenvalue weighted by atomic mass is 16.2. The molecule has 0 radical (unpaired) electrons. The highest BCUT2D eigenvalue weighted by Crippen LogP contribution is 2.61. The third kappa shape index (κ3) is 2.25. The molecule has 0 aliphatic heterocycles. The maximum Gasteiger partial charge on any atom is 0.228 e. The van der Waals surface area contributed by atoms with Gasteiger partial charge < -0.3 is 9.88 Å². The van der Waals surface area contributed by atoms with Crippen molar-refractivity contribution in [3.8, 4) is 11.4 Å². The summed E-state index contributed by atoms with van der Waals surface area (Å²) in [4.78, 5) is 17.1. The summed E-state index contributed by atoms with van der Waals surface area (Å²) < 4.78 is 1.83. The fourth-order valence-electron chi connectivity index (χ4n) is 4.34. The van der Waals surface area contributed by atoms with E-state index in [1.807, 2.05) is 17.7 Å². The first-order valence-electron chi connectivity index (χ1n) is 8.86. The molecule has 2 atom stereocenters. The number of hydrogen-bond acceptors (Lipinski definition) is 4. The molecule has 2 heterocycles. The predicted octanol–water partition coefficient (Wildman–Crippen LogP) is 2.72. The molecule has 6 nitrogen and oxygen atoms in total. The molecule has 1 amide bonds. The van der Waals surface area contributed by atoms with Gasteiger partial charge in [-0.25, -0.2) is 0 Å². The summed E-state index contributed by atoms with van der Waals surface area (Å²) in [6.45, 7) is 0. The van der Waals surface area contributed by atoms with Crippen LogP contribution < -0.4 is 5.32 Å². The number of carbonyl (C=O) groups excluding carboxylic acids is 1. The molecule has 5 rings (SSSR count). The van der Waals surface area contributed by atoms with Crippen molar-refractivity contribution in [3.63, 3.8) is 0 Å². The number of aryl methyl sites for hydroxylation is 2. The zero-order valence-corrected chi connectivity index (χ0v) is 14.5. The molecule has 26 heavy (non-hydrogen) atoms. The quantitative estimate of drug-likeness (QED) is 0.792. The summed E-state index contributed by atoms with van der Waals surface area (Å²) in [7, 11) is 1.88. The Morgan fingerprint density at radius 2 is 2.19 bits per heavy atom. The number of carbonyl (C=O) groups is 1. The van der Waals surface area contributed by atoms with E-state index in [0.29, 0.717) is 5.69 Å². The first-order valence-corrected chi connectivity index (χ1v) is 8.86. The van der Waals surface area contributed by atoms with E-state index in [1.54, 1.807) is 18.7 Å². The van der Waals surface area contributed by atoms with Gasteiger partial charge in [0.1, 0.15) is 6.33 Å². The Hall–Kier alpha value is -3.02. The number of aromatic nitrogens is 4. The Bertz CT molecular complexity index is 1010. The summed E-state index contributed by atoms with van der Waals surface area (Å²) in [6, 6.07) is 10.4. The highest BCUT2D eigenvalue weighted by Gasteiger charge is 2.61. The van der Waals surface area contributed by atoms with Crippen molar-refractivity contribution in [2.45, 2.75) is 24.7 Å². The van der Waals surface area contributed by atoms with Crippen LogP contribution in [0.15, 0.2) is 49.1 Å². The number of nitrogens with zero attached hydrogens (tertiary/aromatic N) is 4. The Labute approximate surface area is 151 Å². The Morgan fingerprint density at radius 3 is 3.04 bits per heavy atom.